The Labute approximate surface area is 108 Å². The fraction of sp³-hybridized carbons (Fsp3) is 0.727. The van der Waals surface area contributed by atoms with E-state index >= 15 is 0 Å². The first-order chi connectivity index (χ1) is 8.75. The Hall–Kier alpha value is -1.86. The van der Waals surface area contributed by atoms with Crippen LogP contribution in [0.5, 0.6) is 0 Å². The summed E-state index contributed by atoms with van der Waals surface area (Å²) in [5.74, 6) is -2.10. The minimum Gasteiger partial charge on any atom is -0.299 e. The second kappa shape index (κ2) is 5.85. The molecule has 19 heavy (non-hydrogen) atoms. The molecule has 0 spiro atoms. The van der Waals surface area contributed by atoms with Gasteiger partial charge in [-0.05, 0) is 12.5 Å². The summed E-state index contributed by atoms with van der Waals surface area (Å²) in [7, 11) is 0. The molecule has 0 aromatic carbocycles. The predicted molar refractivity (Wildman–Crippen MR) is 63.3 cm³/mol. The lowest BCUT2D eigenvalue weighted by molar-refractivity contribution is -0.538. The zero-order valence-corrected chi connectivity index (χ0v) is 10.6. The van der Waals surface area contributed by atoms with E-state index in [2.05, 4.69) is 0 Å². The molecule has 0 aromatic heterocycles. The van der Waals surface area contributed by atoms with Crippen LogP contribution in [0.3, 0.4) is 0 Å². The Morgan fingerprint density at radius 1 is 1.42 bits per heavy atom. The molecule has 0 aromatic rings. The molecule has 0 aliphatic heterocycles. The molecule has 0 fully saturated rings. The molecule has 8 heteroatoms. The maximum absolute atomic E-state index is 14.2. The number of Topliss-reactive ketones (excluding diaryl/α,β-unsaturated/α-hetero) is 1. The van der Waals surface area contributed by atoms with Gasteiger partial charge >= 0.3 is 0 Å². The van der Waals surface area contributed by atoms with E-state index in [0.717, 1.165) is 6.08 Å². The first kappa shape index (κ1) is 15.2. The van der Waals surface area contributed by atoms with Crippen LogP contribution < -0.4 is 0 Å². The monoisotopic (exact) mass is 274 g/mol. The molecule has 0 bridgehead atoms. The highest BCUT2D eigenvalue weighted by Crippen LogP contribution is 2.30. The number of nitro groups is 2. The quantitative estimate of drug-likeness (QED) is 0.574. The molecule has 1 aliphatic carbocycles. The fourth-order valence-electron chi connectivity index (χ4n) is 2.11. The minimum atomic E-state index is -2.00. The Kier molecular flexibility index (Phi) is 4.68. The van der Waals surface area contributed by atoms with Crippen molar-refractivity contribution in [1.82, 2.24) is 0 Å². The highest BCUT2D eigenvalue weighted by Gasteiger charge is 2.45. The Balaban J connectivity index is 3.10. The summed E-state index contributed by atoms with van der Waals surface area (Å²) in [4.78, 5) is 31.7. The summed E-state index contributed by atoms with van der Waals surface area (Å²) in [5.41, 5.74) is -0.400. The van der Waals surface area contributed by atoms with Crippen LogP contribution in [0.2, 0.25) is 0 Å². The normalized spacial score (nSPS) is 27.6. The van der Waals surface area contributed by atoms with E-state index in [1.165, 1.54) is 0 Å². The van der Waals surface area contributed by atoms with Crippen LogP contribution in [0.4, 0.5) is 4.39 Å². The fourth-order valence-corrected chi connectivity index (χ4v) is 2.11. The molecule has 0 heterocycles. The van der Waals surface area contributed by atoms with Crippen LogP contribution in [0.1, 0.15) is 26.7 Å². The van der Waals surface area contributed by atoms with Crippen LogP contribution in [0.25, 0.3) is 0 Å². The zero-order valence-electron chi connectivity index (χ0n) is 10.6. The van der Waals surface area contributed by atoms with Gasteiger partial charge < -0.3 is 0 Å². The number of hydrogen-bond donors (Lipinski definition) is 0. The molecule has 0 amide bonds. The largest absolute Gasteiger partial charge is 0.299 e. The molecule has 0 saturated carbocycles. The summed E-state index contributed by atoms with van der Waals surface area (Å²) in [6.45, 7) is 3.14. The van der Waals surface area contributed by atoms with Crippen molar-refractivity contribution in [2.45, 2.75) is 38.9 Å². The first-order valence-corrected chi connectivity index (χ1v) is 5.90. The molecule has 3 unspecified atom stereocenters. The van der Waals surface area contributed by atoms with Crippen LogP contribution in [-0.2, 0) is 4.79 Å². The third kappa shape index (κ3) is 3.33. The van der Waals surface area contributed by atoms with Crippen LogP contribution in [0.15, 0.2) is 11.8 Å². The number of carbonyl (C=O) groups is 1. The average molecular weight is 274 g/mol. The molecule has 3 atom stereocenters. The van der Waals surface area contributed by atoms with Gasteiger partial charge in [-0.1, -0.05) is 13.8 Å². The Morgan fingerprint density at radius 3 is 2.42 bits per heavy atom. The molecule has 1 aliphatic rings. The van der Waals surface area contributed by atoms with E-state index in [9.17, 15) is 29.4 Å². The van der Waals surface area contributed by atoms with Crippen molar-refractivity contribution >= 4 is 5.78 Å². The number of rotatable bonds is 4. The van der Waals surface area contributed by atoms with Gasteiger partial charge in [0.05, 0.1) is 10.8 Å². The number of allylic oxidation sites excluding steroid dienone is 1. The molecular weight excluding hydrogens is 259 g/mol. The summed E-state index contributed by atoms with van der Waals surface area (Å²) < 4.78 is 14.2. The third-order valence-electron chi connectivity index (χ3n) is 3.22. The predicted octanol–water partition coefficient (Wildman–Crippen LogP) is 1.77. The number of nitrogens with zero attached hydrogens (tertiary/aromatic N) is 2. The number of carbonyl (C=O) groups excluding carboxylic acids is 1. The number of ketones is 1. The molecule has 0 saturated heterocycles. The summed E-state index contributed by atoms with van der Waals surface area (Å²) in [5, 5.41) is 21.5. The Morgan fingerprint density at radius 2 is 2.00 bits per heavy atom. The van der Waals surface area contributed by atoms with Crippen LogP contribution >= 0.6 is 0 Å². The maximum atomic E-state index is 14.2. The van der Waals surface area contributed by atoms with Crippen molar-refractivity contribution in [3.63, 3.8) is 0 Å². The SMILES string of the molecule is CC(C)C(=O)C1CC=C([N+](=O)[O-])CC([N+](=O)[O-])C1F. The van der Waals surface area contributed by atoms with E-state index in [-0.39, 0.29) is 6.42 Å². The van der Waals surface area contributed by atoms with Crippen LogP contribution in [-0.4, -0.2) is 27.8 Å². The van der Waals surface area contributed by atoms with Crippen molar-refractivity contribution in [1.29, 1.82) is 0 Å². The number of halogens is 1. The van der Waals surface area contributed by atoms with E-state index in [1.807, 2.05) is 0 Å². The van der Waals surface area contributed by atoms with E-state index in [4.69, 9.17) is 0 Å². The van der Waals surface area contributed by atoms with Crippen molar-refractivity contribution in [2.24, 2.45) is 11.8 Å². The Bertz CT molecular complexity index is 435. The van der Waals surface area contributed by atoms with Crippen molar-refractivity contribution < 1.29 is 19.0 Å². The van der Waals surface area contributed by atoms with Crippen molar-refractivity contribution in [2.75, 3.05) is 0 Å². The minimum absolute atomic E-state index is 0.168. The van der Waals surface area contributed by atoms with Gasteiger partial charge in [0.15, 0.2) is 6.17 Å². The van der Waals surface area contributed by atoms with Crippen molar-refractivity contribution in [3.8, 4) is 0 Å². The molecule has 106 valence electrons. The second-order valence-electron chi connectivity index (χ2n) is 4.85. The second-order valence-corrected chi connectivity index (χ2v) is 4.85. The lowest BCUT2D eigenvalue weighted by atomic mass is 9.86. The highest BCUT2D eigenvalue weighted by atomic mass is 19.1. The molecular formula is C11H15FN2O5. The molecule has 0 N–H and O–H groups in total. The van der Waals surface area contributed by atoms with Gasteiger partial charge in [-0.25, -0.2) is 4.39 Å². The first-order valence-electron chi connectivity index (χ1n) is 5.90. The van der Waals surface area contributed by atoms with E-state index in [0.29, 0.717) is 0 Å². The van der Waals surface area contributed by atoms with Gasteiger partial charge in [0.1, 0.15) is 12.2 Å². The topological polar surface area (TPSA) is 103 Å². The van der Waals surface area contributed by atoms with Crippen LogP contribution in [0, 0.1) is 32.1 Å². The number of alkyl halides is 1. The zero-order chi connectivity index (χ0) is 14.7. The molecule has 7 nitrogen and oxygen atoms in total. The van der Waals surface area contributed by atoms with Gasteiger partial charge in [-0.15, -0.1) is 0 Å². The summed E-state index contributed by atoms with van der Waals surface area (Å²) in [6.07, 6.45) is -1.64. The van der Waals surface area contributed by atoms with E-state index in [1.54, 1.807) is 13.8 Å². The van der Waals surface area contributed by atoms with Gasteiger partial charge in [0.2, 0.25) is 5.70 Å². The van der Waals surface area contributed by atoms with Gasteiger partial charge in [-0.3, -0.25) is 25.0 Å². The lowest BCUT2D eigenvalue weighted by Crippen LogP contribution is -2.39. The third-order valence-corrected chi connectivity index (χ3v) is 3.22. The molecule has 0 radical (unpaired) electrons. The summed E-state index contributed by atoms with van der Waals surface area (Å²) in [6, 6.07) is -1.74. The van der Waals surface area contributed by atoms with Gasteiger partial charge in [0, 0.05) is 10.8 Å². The number of hydrogen-bond acceptors (Lipinski definition) is 5. The van der Waals surface area contributed by atoms with Gasteiger partial charge in [-0.2, -0.15) is 0 Å². The van der Waals surface area contributed by atoms with Gasteiger partial charge in [0.25, 0.3) is 6.04 Å². The average Bonchev–Trinajstić information content (AvgIpc) is 2.47. The van der Waals surface area contributed by atoms with E-state index < -0.39 is 51.8 Å². The lowest BCUT2D eigenvalue weighted by Gasteiger charge is -2.20. The molecule has 1 rings (SSSR count). The summed E-state index contributed by atoms with van der Waals surface area (Å²) >= 11 is 0. The maximum Gasteiger partial charge on any atom is 0.254 e. The smallest absolute Gasteiger partial charge is 0.254 e. The standard InChI is InChI=1S/C11H15FN2O5/c1-6(2)11(15)8-4-3-7(13(16)17)5-9(10(8)12)14(18)19/h3,6,8-10H,4-5H2,1-2H3. The highest BCUT2D eigenvalue weighted by molar-refractivity contribution is 5.83. The van der Waals surface area contributed by atoms with Crippen molar-refractivity contribution in [3.05, 3.63) is 32.0 Å².